The van der Waals surface area contributed by atoms with Gasteiger partial charge in [0.1, 0.15) is 11.5 Å². The lowest BCUT2D eigenvalue weighted by atomic mass is 10.1. The third-order valence-electron chi connectivity index (χ3n) is 5.79. The van der Waals surface area contributed by atoms with Gasteiger partial charge >= 0.3 is 0 Å². The Morgan fingerprint density at radius 1 is 1.13 bits per heavy atom. The molecule has 8 nitrogen and oxygen atoms in total. The normalized spacial score (nSPS) is 20.6. The highest BCUT2D eigenvalue weighted by molar-refractivity contribution is 5.80. The second-order valence-corrected chi connectivity index (χ2v) is 8.12. The van der Waals surface area contributed by atoms with Gasteiger partial charge in [0, 0.05) is 65.2 Å². The zero-order valence-electron chi connectivity index (χ0n) is 19.2. The summed E-state index contributed by atoms with van der Waals surface area (Å²) in [6, 6.07) is 6.44. The Labute approximate surface area is 186 Å². The quantitative estimate of drug-likeness (QED) is 0.331. The molecule has 0 saturated carbocycles. The number of hydrogen-bond acceptors (Lipinski definition) is 6. The van der Waals surface area contributed by atoms with Gasteiger partial charge < -0.3 is 29.6 Å². The maximum Gasteiger partial charge on any atom is 0.191 e. The maximum atomic E-state index is 5.93. The Bertz CT molecular complexity index is 672. The molecule has 1 aromatic rings. The van der Waals surface area contributed by atoms with Gasteiger partial charge in [-0.15, -0.1) is 0 Å². The average Bonchev–Trinajstić information content (AvgIpc) is 3.25. The third kappa shape index (κ3) is 7.87. The molecule has 0 aromatic heterocycles. The molecule has 0 spiro atoms. The summed E-state index contributed by atoms with van der Waals surface area (Å²) in [6.07, 6.45) is 4.44. The van der Waals surface area contributed by atoms with Crippen molar-refractivity contribution in [1.29, 1.82) is 0 Å². The van der Waals surface area contributed by atoms with E-state index in [1.165, 1.54) is 5.56 Å². The molecular formula is C23H38N4O4. The smallest absolute Gasteiger partial charge is 0.191 e. The largest absolute Gasteiger partial charge is 0.497 e. The van der Waals surface area contributed by atoms with Crippen molar-refractivity contribution in [1.82, 2.24) is 15.5 Å². The Hall–Kier alpha value is -2.03. The lowest BCUT2D eigenvalue weighted by molar-refractivity contribution is -0.0320. The SMILES string of the molecule is CN=C(NCCCOC1CCOCC1)NC1CCN(Cc2cc(OC)cc(OC)c2)C1. The zero-order chi connectivity index (χ0) is 21.9. The molecule has 3 rings (SSSR count). The summed E-state index contributed by atoms with van der Waals surface area (Å²) in [5.41, 5.74) is 1.20. The van der Waals surface area contributed by atoms with Gasteiger partial charge in [0.2, 0.25) is 0 Å². The van der Waals surface area contributed by atoms with Gasteiger partial charge in [0.15, 0.2) is 5.96 Å². The topological polar surface area (TPSA) is 76.6 Å². The van der Waals surface area contributed by atoms with Crippen LogP contribution in [-0.2, 0) is 16.0 Å². The summed E-state index contributed by atoms with van der Waals surface area (Å²) >= 11 is 0. The number of nitrogens with one attached hydrogen (secondary N) is 2. The van der Waals surface area contributed by atoms with Crippen LogP contribution in [0.4, 0.5) is 0 Å². The standard InChI is InChI=1S/C23H38N4O4/c1-24-23(25-8-4-10-31-20-6-11-30-12-7-20)26-19-5-9-27(17-19)16-18-13-21(28-2)15-22(14-18)29-3/h13-15,19-20H,4-12,16-17H2,1-3H3,(H2,24,25,26). The molecule has 1 aromatic carbocycles. The van der Waals surface area contributed by atoms with E-state index in [9.17, 15) is 0 Å². The van der Waals surface area contributed by atoms with Crippen LogP contribution in [0.5, 0.6) is 11.5 Å². The van der Waals surface area contributed by atoms with E-state index in [0.29, 0.717) is 12.1 Å². The fraction of sp³-hybridized carbons (Fsp3) is 0.696. The molecule has 2 aliphatic rings. The van der Waals surface area contributed by atoms with Crippen LogP contribution in [0.15, 0.2) is 23.2 Å². The Morgan fingerprint density at radius 2 is 1.87 bits per heavy atom. The first kappa shape index (κ1) is 23.6. The first-order chi connectivity index (χ1) is 15.2. The Balaban J connectivity index is 1.35. The summed E-state index contributed by atoms with van der Waals surface area (Å²) in [5, 5.41) is 6.97. The summed E-state index contributed by atoms with van der Waals surface area (Å²) < 4.78 is 22.1. The number of rotatable bonds is 10. The Morgan fingerprint density at radius 3 is 2.55 bits per heavy atom. The van der Waals surface area contributed by atoms with Crippen molar-refractivity contribution in [2.24, 2.45) is 4.99 Å². The van der Waals surface area contributed by atoms with Gasteiger partial charge in [0.25, 0.3) is 0 Å². The molecule has 0 bridgehead atoms. The van der Waals surface area contributed by atoms with Gasteiger partial charge in [-0.3, -0.25) is 9.89 Å². The highest BCUT2D eigenvalue weighted by Crippen LogP contribution is 2.24. The molecule has 1 atom stereocenters. The second kappa shape index (κ2) is 12.7. The van der Waals surface area contributed by atoms with Gasteiger partial charge in [-0.25, -0.2) is 0 Å². The van der Waals surface area contributed by atoms with Crippen molar-refractivity contribution in [3.05, 3.63) is 23.8 Å². The van der Waals surface area contributed by atoms with Crippen LogP contribution in [0.3, 0.4) is 0 Å². The monoisotopic (exact) mass is 434 g/mol. The minimum Gasteiger partial charge on any atom is -0.497 e. The fourth-order valence-electron chi connectivity index (χ4n) is 4.07. The van der Waals surface area contributed by atoms with Gasteiger partial charge in [-0.2, -0.15) is 0 Å². The van der Waals surface area contributed by atoms with E-state index in [-0.39, 0.29) is 0 Å². The Kier molecular flexibility index (Phi) is 9.71. The minimum absolute atomic E-state index is 0.361. The summed E-state index contributed by atoms with van der Waals surface area (Å²) in [7, 11) is 5.19. The number of ether oxygens (including phenoxy) is 4. The average molecular weight is 435 g/mol. The van der Waals surface area contributed by atoms with Crippen LogP contribution in [0.25, 0.3) is 0 Å². The van der Waals surface area contributed by atoms with Crippen molar-refractivity contribution in [3.8, 4) is 11.5 Å². The lowest BCUT2D eigenvalue weighted by Crippen LogP contribution is -2.45. The van der Waals surface area contributed by atoms with Crippen LogP contribution < -0.4 is 20.1 Å². The summed E-state index contributed by atoms with van der Waals surface area (Å²) in [6.45, 7) is 6.17. The molecule has 2 fully saturated rings. The molecule has 2 saturated heterocycles. The van der Waals surface area contributed by atoms with Crippen LogP contribution in [-0.4, -0.2) is 83.7 Å². The summed E-state index contributed by atoms with van der Waals surface area (Å²) in [4.78, 5) is 6.82. The van der Waals surface area contributed by atoms with Crippen molar-refractivity contribution < 1.29 is 18.9 Å². The molecular weight excluding hydrogens is 396 g/mol. The second-order valence-electron chi connectivity index (χ2n) is 8.12. The van der Waals surface area contributed by atoms with Crippen molar-refractivity contribution >= 4 is 5.96 Å². The van der Waals surface area contributed by atoms with Crippen molar-refractivity contribution in [2.75, 3.05) is 60.7 Å². The molecule has 31 heavy (non-hydrogen) atoms. The molecule has 8 heteroatoms. The van der Waals surface area contributed by atoms with Crippen LogP contribution in [0.1, 0.15) is 31.2 Å². The molecule has 2 N–H and O–H groups in total. The van der Waals surface area contributed by atoms with Gasteiger partial charge in [-0.05, 0) is 43.4 Å². The predicted octanol–water partition coefficient (Wildman–Crippen LogP) is 2.03. The zero-order valence-corrected chi connectivity index (χ0v) is 19.2. The molecule has 174 valence electrons. The number of methoxy groups -OCH3 is 2. The van der Waals surface area contributed by atoms with E-state index in [1.54, 1.807) is 14.2 Å². The van der Waals surface area contributed by atoms with E-state index in [0.717, 1.165) is 89.1 Å². The number of benzene rings is 1. The van der Waals surface area contributed by atoms with Gasteiger partial charge in [0.05, 0.1) is 20.3 Å². The molecule has 2 heterocycles. The first-order valence-corrected chi connectivity index (χ1v) is 11.3. The molecule has 0 aliphatic carbocycles. The van der Waals surface area contributed by atoms with Crippen LogP contribution in [0, 0.1) is 0 Å². The van der Waals surface area contributed by atoms with E-state index < -0.39 is 0 Å². The minimum atomic E-state index is 0.361. The van der Waals surface area contributed by atoms with Crippen molar-refractivity contribution in [2.45, 2.75) is 44.4 Å². The first-order valence-electron chi connectivity index (χ1n) is 11.3. The number of nitrogens with zero attached hydrogens (tertiary/aromatic N) is 2. The van der Waals surface area contributed by atoms with Crippen LogP contribution >= 0.6 is 0 Å². The number of likely N-dealkylation sites (tertiary alicyclic amines) is 1. The molecule has 0 amide bonds. The predicted molar refractivity (Wildman–Crippen MR) is 122 cm³/mol. The van der Waals surface area contributed by atoms with E-state index in [2.05, 4.69) is 32.7 Å². The molecule has 0 radical (unpaired) electrons. The third-order valence-corrected chi connectivity index (χ3v) is 5.79. The lowest BCUT2D eigenvalue weighted by Gasteiger charge is -2.22. The van der Waals surface area contributed by atoms with E-state index >= 15 is 0 Å². The highest BCUT2D eigenvalue weighted by Gasteiger charge is 2.23. The fourth-order valence-corrected chi connectivity index (χ4v) is 4.07. The van der Waals surface area contributed by atoms with E-state index in [4.69, 9.17) is 18.9 Å². The van der Waals surface area contributed by atoms with Gasteiger partial charge in [-0.1, -0.05) is 0 Å². The van der Waals surface area contributed by atoms with Crippen LogP contribution in [0.2, 0.25) is 0 Å². The van der Waals surface area contributed by atoms with E-state index in [1.807, 2.05) is 13.1 Å². The number of hydrogen-bond donors (Lipinski definition) is 2. The van der Waals surface area contributed by atoms with Crippen molar-refractivity contribution in [3.63, 3.8) is 0 Å². The highest BCUT2D eigenvalue weighted by atomic mass is 16.5. The maximum absolute atomic E-state index is 5.93. The molecule has 2 aliphatic heterocycles. The number of guanidine groups is 1. The summed E-state index contributed by atoms with van der Waals surface area (Å²) in [5.74, 6) is 2.52. The molecule has 1 unspecified atom stereocenters. The number of aliphatic imine (C=N–C) groups is 1.